The van der Waals surface area contributed by atoms with Crippen LogP contribution in [0.3, 0.4) is 0 Å². The Morgan fingerprint density at radius 1 is 1.23 bits per heavy atom. The molecule has 0 aliphatic carbocycles. The predicted octanol–water partition coefficient (Wildman–Crippen LogP) is -1.83. The normalized spacial score (nSPS) is 10.7. The molecule has 0 spiro atoms. The fourth-order valence-electron chi connectivity index (χ4n) is 0.712. The summed E-state index contributed by atoms with van der Waals surface area (Å²) in [5.41, 5.74) is 0. The summed E-state index contributed by atoms with van der Waals surface area (Å²) in [6.07, 6.45) is 0. The molecule has 3 nitrogen and oxygen atoms in total. The summed E-state index contributed by atoms with van der Waals surface area (Å²) in [7, 11) is -4.43. The zero-order valence-electron chi connectivity index (χ0n) is 6.76. The molecule has 0 aliphatic rings. The molecule has 13 heavy (non-hydrogen) atoms. The van der Waals surface area contributed by atoms with Gasteiger partial charge in [-0.25, -0.2) is 8.42 Å². The molecule has 0 bridgehead atoms. The summed E-state index contributed by atoms with van der Waals surface area (Å²) in [6, 6.07) is 4.19. The molecule has 0 radical (unpaired) electrons. The summed E-state index contributed by atoms with van der Waals surface area (Å²) in [6.45, 7) is 0. The second-order valence-corrected chi connectivity index (χ2v) is 4.36. The van der Waals surface area contributed by atoms with E-state index in [1.165, 1.54) is 12.1 Å². The van der Waals surface area contributed by atoms with E-state index in [-0.39, 0.29) is 39.3 Å². The Balaban J connectivity index is 0.00000144. The number of hydrogen-bond acceptors (Lipinski definition) is 5. The van der Waals surface area contributed by atoms with Crippen LogP contribution in [-0.2, 0) is 10.1 Å². The first-order valence-corrected chi connectivity index (χ1v) is 5.20. The molecule has 0 atom stereocenters. The van der Waals surface area contributed by atoms with Crippen molar-refractivity contribution in [2.45, 2.75) is 14.7 Å². The minimum Gasteiger partial charge on any atom is -0.744 e. The molecule has 66 valence electrons. The summed E-state index contributed by atoms with van der Waals surface area (Å²) in [5, 5.41) is 0. The van der Waals surface area contributed by atoms with Crippen LogP contribution in [0.5, 0.6) is 0 Å². The van der Waals surface area contributed by atoms with E-state index >= 15 is 0 Å². The maximum Gasteiger partial charge on any atom is 1.00 e. The van der Waals surface area contributed by atoms with Gasteiger partial charge in [0.25, 0.3) is 0 Å². The van der Waals surface area contributed by atoms with Crippen LogP contribution >= 0.6 is 25.3 Å². The van der Waals surface area contributed by atoms with E-state index in [1.54, 1.807) is 6.07 Å². The molecule has 0 aliphatic heterocycles. The first-order valence-electron chi connectivity index (χ1n) is 2.90. The molecule has 1 aromatic rings. The molecular weight excluding hydrogens is 239 g/mol. The molecule has 0 unspecified atom stereocenters. The van der Waals surface area contributed by atoms with Gasteiger partial charge in [0.1, 0.15) is 10.1 Å². The third kappa shape index (κ3) is 3.47. The van der Waals surface area contributed by atoms with Crippen LogP contribution in [0.1, 0.15) is 0 Å². The van der Waals surface area contributed by atoms with Crippen molar-refractivity contribution < 1.29 is 42.5 Å². The van der Waals surface area contributed by atoms with Crippen molar-refractivity contribution in [2.75, 3.05) is 0 Å². The Labute approximate surface area is 110 Å². The Hall–Kier alpha value is 0.830. The first-order chi connectivity index (χ1) is 5.43. The first kappa shape index (κ1) is 13.8. The summed E-state index contributed by atoms with van der Waals surface area (Å²) in [5.74, 6) is 0. The van der Waals surface area contributed by atoms with Crippen molar-refractivity contribution >= 4 is 35.4 Å². The molecule has 0 aromatic heterocycles. The van der Waals surface area contributed by atoms with Gasteiger partial charge in [-0.1, -0.05) is 6.07 Å². The molecule has 0 amide bonds. The van der Waals surface area contributed by atoms with Crippen molar-refractivity contribution in [3.05, 3.63) is 18.2 Å². The average molecular weight is 244 g/mol. The Kier molecular flexibility index (Phi) is 5.39. The molecule has 0 N–H and O–H groups in total. The van der Waals surface area contributed by atoms with Gasteiger partial charge in [0, 0.05) is 9.79 Å². The van der Waals surface area contributed by atoms with Gasteiger partial charge in [-0.3, -0.25) is 0 Å². The second-order valence-electron chi connectivity index (χ2n) is 2.08. The monoisotopic (exact) mass is 244 g/mol. The fraction of sp³-hybridized carbons (Fsp3) is 0. The Bertz CT molecular complexity index is 402. The third-order valence-corrected chi connectivity index (χ3v) is 3.31. The minimum absolute atomic E-state index is 0. The average Bonchev–Trinajstić information content (AvgIpc) is 1.92. The van der Waals surface area contributed by atoms with Gasteiger partial charge in [0.2, 0.25) is 0 Å². The van der Waals surface area contributed by atoms with Gasteiger partial charge < -0.3 is 4.55 Å². The number of benzene rings is 1. The standard InChI is InChI=1S/C6H6O3S3.Na/c7-12(8,9)5-3-1-2-4(10)6(5)11;/h1-3,10-11H,(H,7,8,9);/q;+1/p-1. The molecule has 0 saturated heterocycles. The van der Waals surface area contributed by atoms with Gasteiger partial charge >= 0.3 is 29.6 Å². The molecule has 0 fully saturated rings. The number of thiol groups is 2. The topological polar surface area (TPSA) is 57.2 Å². The summed E-state index contributed by atoms with van der Waals surface area (Å²) >= 11 is 7.77. The predicted molar refractivity (Wildman–Crippen MR) is 48.9 cm³/mol. The zero-order valence-corrected chi connectivity index (χ0v) is 11.4. The van der Waals surface area contributed by atoms with Crippen molar-refractivity contribution in [3.8, 4) is 0 Å². The fourth-order valence-corrected chi connectivity index (χ4v) is 2.07. The smallest absolute Gasteiger partial charge is 0.744 e. The van der Waals surface area contributed by atoms with Gasteiger partial charge in [-0.2, -0.15) is 0 Å². The van der Waals surface area contributed by atoms with Gasteiger partial charge in [0.15, 0.2) is 0 Å². The molecular formula is C6H5NaO3S3. The summed E-state index contributed by atoms with van der Waals surface area (Å²) < 4.78 is 31.7. The Morgan fingerprint density at radius 3 is 2.15 bits per heavy atom. The largest absolute Gasteiger partial charge is 1.00 e. The van der Waals surface area contributed by atoms with Crippen LogP contribution in [-0.4, -0.2) is 13.0 Å². The zero-order chi connectivity index (χ0) is 9.35. The van der Waals surface area contributed by atoms with E-state index in [4.69, 9.17) is 0 Å². The summed E-state index contributed by atoms with van der Waals surface area (Å²) in [4.78, 5) is 0.129. The van der Waals surface area contributed by atoms with E-state index in [0.29, 0.717) is 4.90 Å². The number of hydrogen-bond donors (Lipinski definition) is 2. The quantitative estimate of drug-likeness (QED) is 0.347. The maximum atomic E-state index is 10.6. The van der Waals surface area contributed by atoms with Crippen LogP contribution in [0.2, 0.25) is 0 Å². The van der Waals surface area contributed by atoms with Gasteiger partial charge in [-0.15, -0.1) is 25.3 Å². The minimum atomic E-state index is -4.43. The van der Waals surface area contributed by atoms with Crippen LogP contribution in [0, 0.1) is 0 Å². The van der Waals surface area contributed by atoms with Crippen LogP contribution in [0.4, 0.5) is 0 Å². The third-order valence-electron chi connectivity index (χ3n) is 1.25. The van der Waals surface area contributed by atoms with E-state index in [9.17, 15) is 13.0 Å². The van der Waals surface area contributed by atoms with Crippen molar-refractivity contribution in [2.24, 2.45) is 0 Å². The molecule has 1 aromatic carbocycles. The van der Waals surface area contributed by atoms with E-state index in [0.717, 1.165) is 0 Å². The number of rotatable bonds is 1. The van der Waals surface area contributed by atoms with Crippen molar-refractivity contribution in [3.63, 3.8) is 0 Å². The molecule has 0 saturated carbocycles. The molecule has 1 rings (SSSR count). The van der Waals surface area contributed by atoms with Gasteiger partial charge in [-0.05, 0) is 12.1 Å². The van der Waals surface area contributed by atoms with Gasteiger partial charge in [0.05, 0.1) is 4.90 Å². The maximum absolute atomic E-state index is 10.6. The molecule has 7 heteroatoms. The Morgan fingerprint density at radius 2 is 1.77 bits per heavy atom. The van der Waals surface area contributed by atoms with Crippen molar-refractivity contribution in [1.29, 1.82) is 0 Å². The van der Waals surface area contributed by atoms with E-state index in [2.05, 4.69) is 25.3 Å². The van der Waals surface area contributed by atoms with Crippen molar-refractivity contribution in [1.82, 2.24) is 0 Å². The SMILES string of the molecule is O=S(=O)([O-])c1cccc(S)c1S.[Na+]. The van der Waals surface area contributed by atoms with E-state index in [1.807, 2.05) is 0 Å². The second kappa shape index (κ2) is 5.06. The van der Waals surface area contributed by atoms with Crippen LogP contribution in [0.15, 0.2) is 32.9 Å². The van der Waals surface area contributed by atoms with Crippen LogP contribution in [0.25, 0.3) is 0 Å². The van der Waals surface area contributed by atoms with E-state index < -0.39 is 10.1 Å². The van der Waals surface area contributed by atoms with Crippen LogP contribution < -0.4 is 29.6 Å². The molecule has 0 heterocycles.